The Morgan fingerprint density at radius 1 is 0.595 bits per heavy atom. The van der Waals surface area contributed by atoms with Crippen LogP contribution in [0.1, 0.15) is 86.0 Å². The molecule has 4 atom stereocenters. The van der Waals surface area contributed by atoms with Crippen molar-refractivity contribution in [1.82, 2.24) is 29.5 Å². The van der Waals surface area contributed by atoms with Crippen LogP contribution >= 0.6 is 23.2 Å². The maximum absolute atomic E-state index is 13.3. The summed E-state index contributed by atoms with van der Waals surface area (Å²) in [5, 5.41) is 43.8. The second-order valence-electron chi connectivity index (χ2n) is 20.3. The van der Waals surface area contributed by atoms with Crippen LogP contribution in [-0.2, 0) is 31.9 Å². The molecule has 84 heavy (non-hydrogen) atoms. The number of aromatic amines is 2. The Balaban J connectivity index is 0.000000246. The van der Waals surface area contributed by atoms with Crippen LogP contribution in [-0.4, -0.2) is 112 Å². The molecule has 0 amide bonds. The number of benzene rings is 4. The van der Waals surface area contributed by atoms with E-state index < -0.39 is 47.2 Å². The van der Waals surface area contributed by atoms with E-state index in [-0.39, 0.29) is 61.6 Å². The van der Waals surface area contributed by atoms with E-state index in [2.05, 4.69) is 20.2 Å². The number of nitrogens with two attached hydrogens (primary N) is 1. The number of carbonyl (C=O) groups excluding carboxylic acids is 3. The molecule has 0 saturated carbocycles. The number of hydrogen-bond donors (Lipinski definition) is 7. The lowest BCUT2D eigenvalue weighted by Gasteiger charge is -2.20. The number of rotatable bonds is 22. The zero-order valence-corrected chi connectivity index (χ0v) is 48.8. The van der Waals surface area contributed by atoms with Crippen molar-refractivity contribution in [1.29, 1.82) is 0 Å². The van der Waals surface area contributed by atoms with Gasteiger partial charge >= 0.3 is 17.9 Å². The van der Waals surface area contributed by atoms with Gasteiger partial charge in [-0.1, -0.05) is 136 Å². The van der Waals surface area contributed by atoms with Gasteiger partial charge in [0.1, 0.15) is 11.4 Å². The molecule has 0 radical (unpaired) electrons. The molecular weight excluding hydrogens is 1120 g/mol. The largest absolute Gasteiger partial charge is 0.477 e. The molecule has 0 spiro atoms. The van der Waals surface area contributed by atoms with Crippen LogP contribution in [0.2, 0.25) is 10.0 Å². The number of nitrogens with one attached hydrogen (secondary N) is 2. The predicted molar refractivity (Wildman–Crippen MR) is 323 cm³/mol. The summed E-state index contributed by atoms with van der Waals surface area (Å²) < 4.78 is 12.3. The summed E-state index contributed by atoms with van der Waals surface area (Å²) in [7, 11) is 0. The zero-order chi connectivity index (χ0) is 61.3. The van der Waals surface area contributed by atoms with Crippen molar-refractivity contribution in [2.24, 2.45) is 23.5 Å². The first-order chi connectivity index (χ1) is 40.1. The molecule has 4 aromatic carbocycles. The molecule has 4 aromatic heterocycles. The van der Waals surface area contributed by atoms with E-state index in [0.29, 0.717) is 47.0 Å². The van der Waals surface area contributed by atoms with Gasteiger partial charge in [-0.25, -0.2) is 33.7 Å². The maximum Gasteiger partial charge on any atom is 0.353 e. The zero-order valence-electron chi connectivity index (χ0n) is 47.3. The SMILES string of the molecule is CC(C)CO.CC(C)COC(=O)[C@H](O)C[C@H](CC(=O)c1cc(=O)n(-c2ccccn2)[nH]1)Cc1ccc(-c2cccc(Cl)c2)cc1.CCOC(=O)[C@H](O)C[C@H](N)Cc1ccc(-c2cccc(Cl)c2)cc1.O=C(O)c1cc(=O)n(-c2ccccn2)[nH]1. The number of carboxylic acid groups (broad SMARTS) is 1. The summed E-state index contributed by atoms with van der Waals surface area (Å²) in [5.74, 6) is -1.92. The lowest BCUT2D eigenvalue weighted by Crippen LogP contribution is -2.33. The number of carbonyl (C=O) groups is 4. The fourth-order valence-electron chi connectivity index (χ4n) is 8.07. The number of ketones is 1. The van der Waals surface area contributed by atoms with Gasteiger partial charge in [-0.15, -0.1) is 0 Å². The lowest BCUT2D eigenvalue weighted by atomic mass is 9.88. The van der Waals surface area contributed by atoms with E-state index in [1.165, 1.54) is 16.9 Å². The number of carboxylic acids is 1. The molecule has 0 unspecified atom stereocenters. The average Bonchev–Trinajstić information content (AvgIpc) is 4.14. The molecule has 8 rings (SSSR count). The Hall–Kier alpha value is -8.30. The molecule has 4 heterocycles. The number of H-pyrrole nitrogens is 2. The van der Waals surface area contributed by atoms with Gasteiger partial charge in [-0.3, -0.25) is 24.6 Å². The molecule has 0 aliphatic heterocycles. The van der Waals surface area contributed by atoms with Gasteiger partial charge in [-0.05, 0) is 132 Å². The van der Waals surface area contributed by atoms with Crippen LogP contribution in [0, 0.1) is 17.8 Å². The smallest absolute Gasteiger partial charge is 0.353 e. The number of esters is 2. The molecular formula is C63H71Cl2N7O12. The minimum absolute atomic E-state index is 0.00668. The summed E-state index contributed by atoms with van der Waals surface area (Å²) in [6.07, 6.45) is 1.74. The molecule has 0 fully saturated rings. The number of halogens is 2. The van der Waals surface area contributed by atoms with Crippen molar-refractivity contribution in [2.75, 3.05) is 19.8 Å². The second kappa shape index (κ2) is 33.7. The fraction of sp³-hybridized carbons (Fsp3) is 0.302. The van der Waals surface area contributed by atoms with Crippen LogP contribution in [0.25, 0.3) is 33.9 Å². The van der Waals surface area contributed by atoms with E-state index in [9.17, 15) is 39.0 Å². The Bertz CT molecular complexity index is 3460. The number of ether oxygens (including phenoxy) is 2. The molecule has 0 saturated heterocycles. The summed E-state index contributed by atoms with van der Waals surface area (Å²) in [6, 6.07) is 43.1. The third-order valence-corrected chi connectivity index (χ3v) is 12.8. The van der Waals surface area contributed by atoms with E-state index in [1.54, 1.807) is 49.5 Å². The van der Waals surface area contributed by atoms with Crippen LogP contribution in [0.4, 0.5) is 0 Å². The maximum atomic E-state index is 13.3. The third-order valence-electron chi connectivity index (χ3n) is 12.3. The first-order valence-electron chi connectivity index (χ1n) is 27.1. The summed E-state index contributed by atoms with van der Waals surface area (Å²) in [6.45, 7) is 10.2. The highest BCUT2D eigenvalue weighted by atomic mass is 35.5. The van der Waals surface area contributed by atoms with Gasteiger partial charge in [0.25, 0.3) is 11.1 Å². The van der Waals surface area contributed by atoms with Crippen molar-refractivity contribution < 1.29 is 49.1 Å². The Labute approximate surface area is 496 Å². The number of aromatic carboxylic acids is 1. The molecule has 0 aliphatic rings. The number of aliphatic hydroxyl groups is 3. The average molecular weight is 1190 g/mol. The standard InChI is InChI=1S/C31H32ClN3O5.C19H22ClNO3.C9H7N3O3.C4H10O/c1-20(2)19-40-31(39)28(37)16-22(14-21-9-11-23(12-10-21)24-6-5-7-25(32)17-24)15-27(36)26-18-30(38)35(34-26)29-8-3-4-13-33-29;1-2-24-19(23)18(22)12-17(21)10-13-6-8-14(9-7-13)15-4-3-5-16(20)11-15;13-8-5-6(9(14)15)11-12(8)7-3-1-2-4-10-7;1-4(2)3-5/h3-13,17-18,20,22,28,34,37H,14-16,19H2,1-2H3;3-9,11,17-18,22H,2,10,12,21H2,1H3;1-5,11H,(H,14,15);4-5H,3H2,1-2H3/t22-,28+;17-,18-;;/m01../s1. The lowest BCUT2D eigenvalue weighted by molar-refractivity contribution is -0.155. The molecule has 0 aliphatic carbocycles. The predicted octanol–water partition coefficient (Wildman–Crippen LogP) is 9.35. The molecule has 8 N–H and O–H groups in total. The summed E-state index contributed by atoms with van der Waals surface area (Å²) in [4.78, 5) is 79.6. The normalized spacial score (nSPS) is 12.2. The van der Waals surface area contributed by atoms with Gasteiger partial charge in [-0.2, -0.15) is 0 Å². The van der Waals surface area contributed by atoms with Crippen molar-refractivity contribution in [3.8, 4) is 33.9 Å². The number of aliphatic hydroxyl groups excluding tert-OH is 3. The minimum atomic E-state index is -1.38. The topological polar surface area (TPSA) is 295 Å². The third kappa shape index (κ3) is 21.8. The highest BCUT2D eigenvalue weighted by Crippen LogP contribution is 2.27. The first-order valence-corrected chi connectivity index (χ1v) is 27.9. The number of pyridine rings is 2. The highest BCUT2D eigenvalue weighted by molar-refractivity contribution is 6.31. The molecule has 444 valence electrons. The van der Waals surface area contributed by atoms with Gasteiger partial charge < -0.3 is 35.6 Å². The first kappa shape index (κ1) is 66.5. The van der Waals surface area contributed by atoms with Gasteiger partial charge in [0.05, 0.1) is 13.2 Å². The van der Waals surface area contributed by atoms with Gasteiger partial charge in [0.2, 0.25) is 0 Å². The quantitative estimate of drug-likeness (QED) is 0.0246. The van der Waals surface area contributed by atoms with E-state index in [4.69, 9.17) is 48.6 Å². The van der Waals surface area contributed by atoms with Gasteiger partial charge in [0.15, 0.2) is 29.6 Å². The van der Waals surface area contributed by atoms with E-state index in [1.807, 2.05) is 125 Å². The summed E-state index contributed by atoms with van der Waals surface area (Å²) >= 11 is 12.1. The Kier molecular flexibility index (Phi) is 26.7. The number of aromatic nitrogens is 6. The fourth-order valence-corrected chi connectivity index (χ4v) is 8.45. The van der Waals surface area contributed by atoms with Crippen molar-refractivity contribution in [3.63, 3.8) is 0 Å². The Morgan fingerprint density at radius 3 is 1.49 bits per heavy atom. The van der Waals surface area contributed by atoms with E-state index >= 15 is 0 Å². The molecule has 21 heteroatoms. The van der Waals surface area contributed by atoms with Crippen molar-refractivity contribution in [3.05, 3.63) is 211 Å². The van der Waals surface area contributed by atoms with Crippen molar-refractivity contribution in [2.45, 2.75) is 85.0 Å². The minimum Gasteiger partial charge on any atom is -0.477 e. The number of hydrogen-bond acceptors (Lipinski definition) is 14. The van der Waals surface area contributed by atoms with Crippen molar-refractivity contribution >= 4 is 46.9 Å². The Morgan fingerprint density at radius 2 is 1.06 bits per heavy atom. The van der Waals surface area contributed by atoms with Gasteiger partial charge in [0, 0.05) is 53.6 Å². The van der Waals surface area contributed by atoms with Crippen LogP contribution < -0.4 is 16.9 Å². The van der Waals surface area contributed by atoms with Crippen LogP contribution in [0.5, 0.6) is 0 Å². The van der Waals surface area contributed by atoms with Crippen LogP contribution in [0.15, 0.2) is 168 Å². The monoisotopic (exact) mass is 1190 g/mol. The molecule has 19 nitrogen and oxygen atoms in total. The second-order valence-corrected chi connectivity index (χ2v) is 21.2. The highest BCUT2D eigenvalue weighted by Gasteiger charge is 2.26. The summed E-state index contributed by atoms with van der Waals surface area (Å²) in [5.41, 5.74) is 11.2. The number of nitrogens with zero attached hydrogens (tertiary/aromatic N) is 4. The van der Waals surface area contributed by atoms with E-state index in [0.717, 1.165) is 44.1 Å². The molecule has 8 aromatic rings. The van der Waals surface area contributed by atoms with Crippen LogP contribution in [0.3, 0.4) is 0 Å². The number of Topliss-reactive ketones (excluding diaryl/α,β-unsaturated/α-hetero) is 1. The molecule has 0 bridgehead atoms.